The van der Waals surface area contributed by atoms with E-state index in [9.17, 15) is 0 Å². The fourth-order valence-electron chi connectivity index (χ4n) is 3.52. The Labute approximate surface area is 187 Å². The maximum Gasteiger partial charge on any atom is 0.229 e. The van der Waals surface area contributed by atoms with Gasteiger partial charge in [-0.3, -0.25) is 0 Å². The summed E-state index contributed by atoms with van der Waals surface area (Å²) in [6.07, 6.45) is 19.2. The van der Waals surface area contributed by atoms with Gasteiger partial charge in [0.1, 0.15) is 5.65 Å². The summed E-state index contributed by atoms with van der Waals surface area (Å²) in [6, 6.07) is 5.68. The lowest BCUT2D eigenvalue weighted by Gasteiger charge is -2.14. The van der Waals surface area contributed by atoms with Crippen molar-refractivity contribution in [1.29, 1.82) is 0 Å². The minimum absolute atomic E-state index is 0.491. The second-order valence-corrected chi connectivity index (χ2v) is 7.14. The molecule has 4 rings (SSSR count). The smallest absolute Gasteiger partial charge is 0.229 e. The van der Waals surface area contributed by atoms with Gasteiger partial charge in [-0.1, -0.05) is 42.5 Å². The molecule has 1 aliphatic rings. The van der Waals surface area contributed by atoms with Crippen LogP contribution in [0.15, 0.2) is 78.7 Å². The minimum Gasteiger partial charge on any atom is -0.493 e. The van der Waals surface area contributed by atoms with E-state index in [-0.39, 0.29) is 0 Å². The molecule has 0 spiro atoms. The molecule has 7 nitrogen and oxygen atoms in total. The lowest BCUT2D eigenvalue weighted by atomic mass is 10.1. The Kier molecular flexibility index (Phi) is 6.55. The molecule has 0 radical (unpaired) electrons. The van der Waals surface area contributed by atoms with E-state index in [2.05, 4.69) is 39.2 Å². The van der Waals surface area contributed by atoms with E-state index in [1.807, 2.05) is 48.8 Å². The summed E-state index contributed by atoms with van der Waals surface area (Å²) in [5, 5.41) is 4.24. The number of benzene rings is 1. The molecule has 0 atom stereocenters. The average Bonchev–Trinajstić information content (AvgIpc) is 3.20. The first-order valence-electron chi connectivity index (χ1n) is 10.3. The van der Waals surface area contributed by atoms with Crippen LogP contribution in [0.3, 0.4) is 0 Å². The molecule has 2 aromatic heterocycles. The molecule has 0 saturated heterocycles. The minimum atomic E-state index is 0.491. The fraction of sp³-hybridized carbons (Fsp3) is 0.200. The normalized spacial score (nSPS) is 17.5. The number of ether oxygens (including phenoxy) is 3. The molecule has 0 bridgehead atoms. The number of allylic oxidation sites excluding steroid dienone is 8. The quantitative estimate of drug-likeness (QED) is 0.530. The Balaban J connectivity index is 1.56. The largest absolute Gasteiger partial charge is 0.493 e. The fourth-order valence-corrected chi connectivity index (χ4v) is 3.52. The van der Waals surface area contributed by atoms with E-state index in [1.165, 1.54) is 5.57 Å². The van der Waals surface area contributed by atoms with Gasteiger partial charge in [0, 0.05) is 42.1 Å². The molecule has 2 heterocycles. The zero-order valence-corrected chi connectivity index (χ0v) is 18.4. The summed E-state index contributed by atoms with van der Waals surface area (Å²) in [4.78, 5) is 9.20. The molecule has 0 unspecified atom stereocenters. The van der Waals surface area contributed by atoms with Gasteiger partial charge in [-0.2, -0.15) is 4.98 Å². The lowest BCUT2D eigenvalue weighted by Crippen LogP contribution is -2.03. The van der Waals surface area contributed by atoms with Crippen LogP contribution in [-0.4, -0.2) is 35.9 Å². The Bertz CT molecular complexity index is 1200. The van der Waals surface area contributed by atoms with Gasteiger partial charge in [0.05, 0.1) is 21.3 Å². The molecule has 0 aliphatic heterocycles. The molecule has 1 aliphatic carbocycles. The van der Waals surface area contributed by atoms with Crippen LogP contribution in [0.4, 0.5) is 11.6 Å². The van der Waals surface area contributed by atoms with Gasteiger partial charge >= 0.3 is 0 Å². The average molecular weight is 431 g/mol. The summed E-state index contributed by atoms with van der Waals surface area (Å²) >= 11 is 0. The van der Waals surface area contributed by atoms with Gasteiger partial charge in [0.2, 0.25) is 11.7 Å². The Hall–Kier alpha value is -4.00. The predicted octanol–water partition coefficient (Wildman–Crippen LogP) is 5.20. The van der Waals surface area contributed by atoms with Gasteiger partial charge < -0.3 is 24.1 Å². The number of hydrogen-bond donors (Lipinski definition) is 1. The number of nitrogens with one attached hydrogen (secondary N) is 1. The third-order valence-corrected chi connectivity index (χ3v) is 5.13. The summed E-state index contributed by atoms with van der Waals surface area (Å²) in [6.45, 7) is 0.817. The number of anilines is 2. The molecule has 164 valence electrons. The predicted molar refractivity (Wildman–Crippen MR) is 127 cm³/mol. The first-order chi connectivity index (χ1) is 15.7. The van der Waals surface area contributed by atoms with Crippen LogP contribution in [0, 0.1) is 0 Å². The summed E-state index contributed by atoms with van der Waals surface area (Å²) in [5.74, 6) is 2.14. The third-order valence-electron chi connectivity index (χ3n) is 5.13. The first kappa shape index (κ1) is 21.2. The van der Waals surface area contributed by atoms with Gasteiger partial charge in [-0.25, -0.2) is 4.98 Å². The van der Waals surface area contributed by atoms with Crippen molar-refractivity contribution in [1.82, 2.24) is 14.5 Å². The van der Waals surface area contributed by atoms with Gasteiger partial charge in [-0.05, 0) is 18.1 Å². The van der Waals surface area contributed by atoms with E-state index in [4.69, 9.17) is 19.2 Å². The lowest BCUT2D eigenvalue weighted by molar-refractivity contribution is 0.324. The summed E-state index contributed by atoms with van der Waals surface area (Å²) in [7, 11) is 4.75. The van der Waals surface area contributed by atoms with Crippen molar-refractivity contribution >= 4 is 22.7 Å². The summed E-state index contributed by atoms with van der Waals surface area (Å²) < 4.78 is 18.4. The highest BCUT2D eigenvalue weighted by Crippen LogP contribution is 2.40. The van der Waals surface area contributed by atoms with Crippen molar-refractivity contribution in [2.75, 3.05) is 26.6 Å². The maximum atomic E-state index is 5.43. The molecule has 0 amide bonds. The van der Waals surface area contributed by atoms with Crippen LogP contribution in [-0.2, 0) is 6.54 Å². The van der Waals surface area contributed by atoms with Crippen LogP contribution >= 0.6 is 0 Å². The molecule has 32 heavy (non-hydrogen) atoms. The van der Waals surface area contributed by atoms with E-state index in [0.29, 0.717) is 23.2 Å². The van der Waals surface area contributed by atoms with Crippen molar-refractivity contribution in [2.45, 2.75) is 13.0 Å². The number of fused-ring (bicyclic) bond motifs is 1. The van der Waals surface area contributed by atoms with Crippen molar-refractivity contribution in [3.8, 4) is 17.2 Å². The van der Waals surface area contributed by atoms with Crippen molar-refractivity contribution in [3.05, 3.63) is 78.7 Å². The van der Waals surface area contributed by atoms with Crippen molar-refractivity contribution in [3.63, 3.8) is 0 Å². The highest BCUT2D eigenvalue weighted by Gasteiger charge is 2.14. The molecular weight excluding hydrogens is 404 g/mol. The second-order valence-electron chi connectivity index (χ2n) is 7.14. The van der Waals surface area contributed by atoms with E-state index >= 15 is 0 Å². The Morgan fingerprint density at radius 2 is 1.69 bits per heavy atom. The molecule has 1 aromatic carbocycles. The topological polar surface area (TPSA) is 70.4 Å². The van der Waals surface area contributed by atoms with E-state index < -0.39 is 0 Å². The number of nitrogens with zero attached hydrogens (tertiary/aromatic N) is 3. The maximum absolute atomic E-state index is 5.43. The third kappa shape index (κ3) is 4.67. The van der Waals surface area contributed by atoms with Crippen molar-refractivity contribution < 1.29 is 14.2 Å². The Morgan fingerprint density at radius 3 is 2.44 bits per heavy atom. The molecule has 7 heteroatoms. The molecule has 0 fully saturated rings. The van der Waals surface area contributed by atoms with E-state index in [0.717, 1.165) is 29.7 Å². The van der Waals surface area contributed by atoms with Gasteiger partial charge in [0.15, 0.2) is 11.5 Å². The Morgan fingerprint density at radius 1 is 0.938 bits per heavy atom. The van der Waals surface area contributed by atoms with Gasteiger partial charge in [-0.15, -0.1) is 0 Å². The molecule has 0 saturated carbocycles. The van der Waals surface area contributed by atoms with Crippen LogP contribution in [0.1, 0.15) is 6.42 Å². The van der Waals surface area contributed by atoms with E-state index in [1.54, 1.807) is 21.3 Å². The molecular formula is C25H26N4O3. The zero-order valence-electron chi connectivity index (χ0n) is 18.4. The first-order valence-corrected chi connectivity index (χ1v) is 10.3. The van der Waals surface area contributed by atoms with Crippen LogP contribution in [0.25, 0.3) is 11.0 Å². The number of aromatic nitrogens is 3. The SMILES string of the molecule is COc1cc(Nc2ncc3ccn(CCC4=C/C=C\C=C\C=C\4)c3n2)cc(OC)c1OC. The van der Waals surface area contributed by atoms with Gasteiger partial charge in [0.25, 0.3) is 0 Å². The monoisotopic (exact) mass is 430 g/mol. The number of aryl methyl sites for hydroxylation is 1. The number of rotatable bonds is 8. The number of hydrogen-bond acceptors (Lipinski definition) is 6. The van der Waals surface area contributed by atoms with Crippen LogP contribution in [0.2, 0.25) is 0 Å². The highest BCUT2D eigenvalue weighted by molar-refractivity contribution is 5.77. The summed E-state index contributed by atoms with van der Waals surface area (Å²) in [5.41, 5.74) is 2.87. The van der Waals surface area contributed by atoms with Crippen molar-refractivity contribution in [2.24, 2.45) is 0 Å². The molecule has 3 aromatic rings. The zero-order chi connectivity index (χ0) is 22.3. The highest BCUT2D eigenvalue weighted by atomic mass is 16.5. The van der Waals surface area contributed by atoms with Crippen LogP contribution < -0.4 is 19.5 Å². The molecule has 1 N–H and O–H groups in total. The number of methoxy groups -OCH3 is 3. The second kappa shape index (κ2) is 9.87. The standard InChI is InChI=1S/C25H26N4O3/c1-30-21-15-20(16-22(31-2)23(21)32-3)27-25-26-17-19-12-14-29(24(19)28-25)13-11-18-9-7-5-4-6-8-10-18/h4-10,12,14-17H,11,13H2,1-3H3,(H,26,27,28)/b5-4+,6-4?,7-5?,8-6-,9-7+,10-8?,18-9?,18-10+. The van der Waals surface area contributed by atoms with Crippen LogP contribution in [0.5, 0.6) is 17.2 Å².